The molecule has 0 aliphatic heterocycles. The van der Waals surface area contributed by atoms with E-state index in [1.807, 2.05) is 38.1 Å². The highest BCUT2D eigenvalue weighted by Gasteiger charge is 2.19. The van der Waals surface area contributed by atoms with Crippen LogP contribution in [0, 0.1) is 13.8 Å². The standard InChI is InChI=1S/C20H21N3O4S/c1-14-3-7-16(8-4-14)13-21-19(24)20-22-18(23-27-20)11-12-28(25,26)17-9-5-15(2)6-10-17/h3-10H,11-13H2,1-2H3,(H,21,24). The molecular formula is C20H21N3O4S. The summed E-state index contributed by atoms with van der Waals surface area (Å²) >= 11 is 0. The molecule has 1 N–H and O–H groups in total. The van der Waals surface area contributed by atoms with E-state index in [1.54, 1.807) is 24.3 Å². The number of aryl methyl sites for hydroxylation is 3. The van der Waals surface area contributed by atoms with Gasteiger partial charge >= 0.3 is 11.8 Å². The Morgan fingerprint density at radius 3 is 2.25 bits per heavy atom. The molecule has 3 rings (SSSR count). The van der Waals surface area contributed by atoms with E-state index in [0.717, 1.165) is 16.7 Å². The molecule has 0 fully saturated rings. The van der Waals surface area contributed by atoms with Gasteiger partial charge in [0.1, 0.15) is 0 Å². The smallest absolute Gasteiger partial charge is 0.315 e. The lowest BCUT2D eigenvalue weighted by Gasteiger charge is -2.03. The fourth-order valence-corrected chi connectivity index (χ4v) is 3.74. The maximum absolute atomic E-state index is 12.4. The average molecular weight is 399 g/mol. The summed E-state index contributed by atoms with van der Waals surface area (Å²) in [6.07, 6.45) is 0.0605. The van der Waals surface area contributed by atoms with Crippen LogP contribution in [0.5, 0.6) is 0 Å². The summed E-state index contributed by atoms with van der Waals surface area (Å²) in [7, 11) is -3.46. The van der Waals surface area contributed by atoms with Gasteiger partial charge in [-0.1, -0.05) is 52.7 Å². The van der Waals surface area contributed by atoms with Crippen LogP contribution in [0.2, 0.25) is 0 Å². The highest BCUT2D eigenvalue weighted by atomic mass is 32.2. The van der Waals surface area contributed by atoms with Crippen molar-refractivity contribution in [3.8, 4) is 0 Å². The zero-order chi connectivity index (χ0) is 20.1. The summed E-state index contributed by atoms with van der Waals surface area (Å²) in [5.41, 5.74) is 3.07. The number of nitrogens with one attached hydrogen (secondary N) is 1. The summed E-state index contributed by atoms with van der Waals surface area (Å²) in [5.74, 6) is -0.674. The molecule has 0 aliphatic carbocycles. The molecule has 1 heterocycles. The predicted molar refractivity (Wildman–Crippen MR) is 104 cm³/mol. The first-order valence-electron chi connectivity index (χ1n) is 8.79. The molecule has 7 nitrogen and oxygen atoms in total. The number of aromatic nitrogens is 2. The number of benzene rings is 2. The predicted octanol–water partition coefficient (Wildman–Crippen LogP) is 2.63. The maximum atomic E-state index is 12.4. The summed E-state index contributed by atoms with van der Waals surface area (Å²) in [4.78, 5) is 16.4. The van der Waals surface area contributed by atoms with Gasteiger partial charge in [-0.2, -0.15) is 4.98 Å². The van der Waals surface area contributed by atoms with Crippen LogP contribution < -0.4 is 5.32 Å². The van der Waals surface area contributed by atoms with Crippen molar-refractivity contribution in [2.75, 3.05) is 5.75 Å². The number of rotatable bonds is 7. The fraction of sp³-hybridized carbons (Fsp3) is 0.250. The largest absolute Gasteiger partial charge is 0.344 e. The number of hydrogen-bond acceptors (Lipinski definition) is 6. The Labute approximate surface area is 163 Å². The molecule has 0 saturated heterocycles. The van der Waals surface area contributed by atoms with Crippen molar-refractivity contribution in [3.63, 3.8) is 0 Å². The minimum Gasteiger partial charge on any atom is -0.344 e. The third-order valence-corrected chi connectivity index (χ3v) is 5.94. The lowest BCUT2D eigenvalue weighted by molar-refractivity contribution is 0.0907. The summed E-state index contributed by atoms with van der Waals surface area (Å²) in [5, 5.41) is 6.40. The molecular weight excluding hydrogens is 378 g/mol. The zero-order valence-electron chi connectivity index (χ0n) is 15.7. The van der Waals surface area contributed by atoms with Crippen LogP contribution in [0.15, 0.2) is 57.9 Å². The Morgan fingerprint density at radius 1 is 1.00 bits per heavy atom. The molecule has 0 radical (unpaired) electrons. The second-order valence-electron chi connectivity index (χ2n) is 6.57. The van der Waals surface area contributed by atoms with Gasteiger partial charge in [0.25, 0.3) is 0 Å². The van der Waals surface area contributed by atoms with Gasteiger partial charge in [-0.15, -0.1) is 0 Å². The van der Waals surface area contributed by atoms with Crippen molar-refractivity contribution in [2.24, 2.45) is 0 Å². The molecule has 0 atom stereocenters. The molecule has 28 heavy (non-hydrogen) atoms. The van der Waals surface area contributed by atoms with Gasteiger partial charge in [0.05, 0.1) is 10.6 Å². The maximum Gasteiger partial charge on any atom is 0.315 e. The SMILES string of the molecule is Cc1ccc(CNC(=O)c2nc(CCS(=O)(=O)c3ccc(C)cc3)no2)cc1. The van der Waals surface area contributed by atoms with Crippen LogP contribution in [0.1, 0.15) is 33.2 Å². The lowest BCUT2D eigenvalue weighted by atomic mass is 10.1. The van der Waals surface area contributed by atoms with Gasteiger partial charge in [0, 0.05) is 13.0 Å². The Bertz CT molecular complexity index is 1060. The molecule has 1 amide bonds. The van der Waals surface area contributed by atoms with Crippen LogP contribution >= 0.6 is 0 Å². The van der Waals surface area contributed by atoms with E-state index in [1.165, 1.54) is 0 Å². The normalized spacial score (nSPS) is 11.4. The van der Waals surface area contributed by atoms with E-state index in [9.17, 15) is 13.2 Å². The monoisotopic (exact) mass is 399 g/mol. The highest BCUT2D eigenvalue weighted by Crippen LogP contribution is 2.13. The quantitative estimate of drug-likeness (QED) is 0.655. The second-order valence-corrected chi connectivity index (χ2v) is 8.68. The fourth-order valence-electron chi connectivity index (χ4n) is 2.50. The van der Waals surface area contributed by atoms with Gasteiger partial charge in [0.15, 0.2) is 15.7 Å². The second kappa shape index (κ2) is 8.35. The molecule has 146 valence electrons. The first-order valence-corrected chi connectivity index (χ1v) is 10.4. The number of sulfone groups is 1. The Kier molecular flexibility index (Phi) is 5.89. The van der Waals surface area contributed by atoms with Gasteiger partial charge in [-0.3, -0.25) is 4.79 Å². The van der Waals surface area contributed by atoms with Gasteiger partial charge in [-0.05, 0) is 31.5 Å². The van der Waals surface area contributed by atoms with Crippen LogP contribution in [0.4, 0.5) is 0 Å². The van der Waals surface area contributed by atoms with E-state index in [4.69, 9.17) is 4.52 Å². The molecule has 0 unspecified atom stereocenters. The Balaban J connectivity index is 1.56. The molecule has 8 heteroatoms. The average Bonchev–Trinajstić information content (AvgIpc) is 3.15. The van der Waals surface area contributed by atoms with E-state index >= 15 is 0 Å². The molecule has 0 saturated carbocycles. The van der Waals surface area contributed by atoms with Crippen LogP contribution in [-0.4, -0.2) is 30.2 Å². The molecule has 0 bridgehead atoms. The van der Waals surface area contributed by atoms with Crippen LogP contribution in [0.3, 0.4) is 0 Å². The van der Waals surface area contributed by atoms with Gasteiger partial charge < -0.3 is 9.84 Å². The zero-order valence-corrected chi connectivity index (χ0v) is 16.5. The van der Waals surface area contributed by atoms with Crippen molar-refractivity contribution in [2.45, 2.75) is 31.7 Å². The van der Waals surface area contributed by atoms with Crippen molar-refractivity contribution >= 4 is 15.7 Å². The summed E-state index contributed by atoms with van der Waals surface area (Å²) in [6.45, 7) is 4.21. The number of nitrogens with zero attached hydrogens (tertiary/aromatic N) is 2. The van der Waals surface area contributed by atoms with Crippen LogP contribution in [-0.2, 0) is 22.8 Å². The first kappa shape index (κ1) is 19.8. The molecule has 3 aromatic rings. The molecule has 1 aromatic heterocycles. The Hall–Kier alpha value is -3.00. The van der Waals surface area contributed by atoms with Crippen molar-refractivity contribution in [3.05, 3.63) is 76.9 Å². The van der Waals surface area contributed by atoms with E-state index in [2.05, 4.69) is 15.5 Å². The van der Waals surface area contributed by atoms with Crippen molar-refractivity contribution in [1.29, 1.82) is 0 Å². The van der Waals surface area contributed by atoms with Gasteiger partial charge in [0.2, 0.25) is 0 Å². The highest BCUT2D eigenvalue weighted by molar-refractivity contribution is 7.91. The molecule has 0 spiro atoms. The number of carbonyl (C=O) groups is 1. The third kappa shape index (κ3) is 5.04. The Morgan fingerprint density at radius 2 is 1.61 bits per heavy atom. The summed E-state index contributed by atoms with van der Waals surface area (Å²) < 4.78 is 29.7. The topological polar surface area (TPSA) is 102 Å². The molecule has 0 aliphatic rings. The minimum atomic E-state index is -3.46. The van der Waals surface area contributed by atoms with Gasteiger partial charge in [-0.25, -0.2) is 8.42 Å². The third-order valence-electron chi connectivity index (χ3n) is 4.21. The number of carbonyl (C=O) groups excluding carboxylic acids is 1. The number of hydrogen-bond donors (Lipinski definition) is 1. The summed E-state index contributed by atoms with van der Waals surface area (Å²) in [6, 6.07) is 14.4. The number of amides is 1. The lowest BCUT2D eigenvalue weighted by Crippen LogP contribution is -2.23. The van der Waals surface area contributed by atoms with E-state index in [-0.39, 0.29) is 28.8 Å². The van der Waals surface area contributed by atoms with E-state index < -0.39 is 15.7 Å². The first-order chi connectivity index (χ1) is 13.3. The van der Waals surface area contributed by atoms with Crippen molar-refractivity contribution in [1.82, 2.24) is 15.5 Å². The van der Waals surface area contributed by atoms with Crippen molar-refractivity contribution < 1.29 is 17.7 Å². The van der Waals surface area contributed by atoms with E-state index in [0.29, 0.717) is 6.54 Å². The minimum absolute atomic E-state index is 0.0605. The van der Waals surface area contributed by atoms with Crippen LogP contribution in [0.25, 0.3) is 0 Å². The molecule has 2 aromatic carbocycles.